The highest BCUT2D eigenvalue weighted by atomic mass is 35.5. The van der Waals surface area contributed by atoms with Crippen molar-refractivity contribution < 1.29 is 17.6 Å². The van der Waals surface area contributed by atoms with Gasteiger partial charge in [-0.25, -0.2) is 12.4 Å². The lowest BCUT2D eigenvalue weighted by atomic mass is 9.92. The summed E-state index contributed by atoms with van der Waals surface area (Å²) in [6, 6.07) is 10.1. The average molecular weight is 541 g/mol. The first-order valence-corrected chi connectivity index (χ1v) is 16.5. The second-order valence-corrected chi connectivity index (χ2v) is 17.9. The van der Waals surface area contributed by atoms with Gasteiger partial charge in [0.2, 0.25) is 0 Å². The van der Waals surface area contributed by atoms with Crippen LogP contribution in [0, 0.1) is 6.92 Å². The fourth-order valence-electron chi connectivity index (χ4n) is 3.80. The van der Waals surface area contributed by atoms with Crippen molar-refractivity contribution in [1.82, 2.24) is 3.97 Å². The van der Waals surface area contributed by atoms with E-state index in [0.717, 1.165) is 18.4 Å². The first-order chi connectivity index (χ1) is 15.7. The Labute approximate surface area is 213 Å². The van der Waals surface area contributed by atoms with Gasteiger partial charge in [0.05, 0.1) is 26.6 Å². The highest BCUT2D eigenvalue weighted by molar-refractivity contribution is 7.90. The summed E-state index contributed by atoms with van der Waals surface area (Å²) in [5, 5.41) is 1.19. The molecule has 1 saturated carbocycles. The van der Waals surface area contributed by atoms with Crippen molar-refractivity contribution in [3.05, 3.63) is 58.2 Å². The molecule has 1 aliphatic carbocycles. The van der Waals surface area contributed by atoms with Crippen molar-refractivity contribution >= 4 is 52.4 Å². The van der Waals surface area contributed by atoms with Crippen LogP contribution in [0.25, 0.3) is 10.9 Å². The monoisotopic (exact) mass is 539 g/mol. The molecule has 0 saturated heterocycles. The molecular formula is C25H31Cl2NO4SSi. The third kappa shape index (κ3) is 4.65. The number of nitrogens with zero attached hydrogens (tertiary/aromatic N) is 1. The lowest BCUT2D eigenvalue weighted by Gasteiger charge is -2.44. The fraction of sp³-hybridized carbons (Fsp3) is 0.440. The molecule has 0 aliphatic heterocycles. The molecule has 3 aromatic rings. The van der Waals surface area contributed by atoms with Crippen LogP contribution in [0.2, 0.25) is 28.2 Å². The third-order valence-electron chi connectivity index (χ3n) is 6.98. The van der Waals surface area contributed by atoms with Crippen LogP contribution in [0.3, 0.4) is 0 Å². The molecule has 1 fully saturated rings. The van der Waals surface area contributed by atoms with Gasteiger partial charge in [-0.15, -0.1) is 0 Å². The Kier molecular flexibility index (Phi) is 6.66. The zero-order chi connectivity index (χ0) is 25.1. The van der Waals surface area contributed by atoms with Crippen molar-refractivity contribution in [2.75, 3.05) is 0 Å². The van der Waals surface area contributed by atoms with Crippen LogP contribution in [-0.2, 0) is 14.4 Å². The Morgan fingerprint density at radius 3 is 2.24 bits per heavy atom. The highest BCUT2D eigenvalue weighted by Gasteiger charge is 2.43. The normalized spacial score (nSPS) is 19.3. The number of ether oxygens (including phenoxy) is 1. The van der Waals surface area contributed by atoms with E-state index in [1.54, 1.807) is 36.4 Å². The van der Waals surface area contributed by atoms with Crippen molar-refractivity contribution in [2.24, 2.45) is 0 Å². The smallest absolute Gasteiger partial charge is 0.268 e. The maximum absolute atomic E-state index is 13.3. The van der Waals surface area contributed by atoms with Gasteiger partial charge in [0, 0.05) is 30.5 Å². The molecule has 184 valence electrons. The SMILES string of the molecule is Cc1ccc(S(=O)(=O)n2ccc3c(O[C@H]4C[C@@H](O[Si](C)(C)C(C)(C)C)C4)cc(Cl)c(Cl)c32)cc1. The van der Waals surface area contributed by atoms with E-state index in [-0.39, 0.29) is 32.2 Å². The molecule has 0 unspecified atom stereocenters. The summed E-state index contributed by atoms with van der Waals surface area (Å²) in [4.78, 5) is 0.179. The van der Waals surface area contributed by atoms with Crippen molar-refractivity contribution in [3.8, 4) is 5.75 Å². The standard InChI is InChI=1S/C25H31Cl2NO4SSi/c1-16-7-9-19(10-8-16)33(29,30)28-12-11-20-22(15-21(26)23(27)24(20)28)31-17-13-18(14-17)32-34(5,6)25(2,3)4/h7-12,15,17-18H,13-14H2,1-6H3/t17-,18+. The van der Waals surface area contributed by atoms with Crippen LogP contribution in [0.15, 0.2) is 47.5 Å². The fourth-order valence-corrected chi connectivity index (χ4v) is 7.03. The van der Waals surface area contributed by atoms with Gasteiger partial charge in [0.1, 0.15) is 11.9 Å². The summed E-state index contributed by atoms with van der Waals surface area (Å²) in [5.74, 6) is 0.526. The molecule has 5 nitrogen and oxygen atoms in total. The summed E-state index contributed by atoms with van der Waals surface area (Å²) < 4.78 is 40.6. The summed E-state index contributed by atoms with van der Waals surface area (Å²) in [6.45, 7) is 13.1. The summed E-state index contributed by atoms with van der Waals surface area (Å²) in [6.07, 6.45) is 3.23. The number of rotatable bonds is 6. The van der Waals surface area contributed by atoms with Crippen LogP contribution >= 0.6 is 23.2 Å². The van der Waals surface area contributed by atoms with E-state index < -0.39 is 18.3 Å². The summed E-state index contributed by atoms with van der Waals surface area (Å²) in [5.41, 5.74) is 1.29. The summed E-state index contributed by atoms with van der Waals surface area (Å²) in [7, 11) is -5.69. The molecule has 1 heterocycles. The molecule has 4 rings (SSSR count). The summed E-state index contributed by atoms with van der Waals surface area (Å²) >= 11 is 12.9. The van der Waals surface area contributed by atoms with Gasteiger partial charge < -0.3 is 9.16 Å². The van der Waals surface area contributed by atoms with Crippen molar-refractivity contribution in [1.29, 1.82) is 0 Å². The lowest BCUT2D eigenvalue weighted by Crippen LogP contribution is -2.50. The van der Waals surface area contributed by atoms with Crippen molar-refractivity contribution in [2.45, 2.75) is 75.8 Å². The molecule has 34 heavy (non-hydrogen) atoms. The van der Waals surface area contributed by atoms with Gasteiger partial charge in [-0.2, -0.15) is 0 Å². The number of hydrogen-bond donors (Lipinski definition) is 0. The largest absolute Gasteiger partial charge is 0.489 e. The molecule has 0 N–H and O–H groups in total. The lowest BCUT2D eigenvalue weighted by molar-refractivity contribution is -0.00238. The van der Waals surface area contributed by atoms with E-state index in [1.165, 1.54) is 10.2 Å². The number of halogens is 2. The van der Waals surface area contributed by atoms with Crippen LogP contribution in [0.1, 0.15) is 39.2 Å². The predicted molar refractivity (Wildman–Crippen MR) is 141 cm³/mol. The average Bonchev–Trinajstić information content (AvgIpc) is 3.16. The number of hydrogen-bond acceptors (Lipinski definition) is 4. The van der Waals surface area contributed by atoms with E-state index in [2.05, 4.69) is 33.9 Å². The highest BCUT2D eigenvalue weighted by Crippen LogP contribution is 2.43. The van der Waals surface area contributed by atoms with Gasteiger partial charge in [-0.3, -0.25) is 0 Å². The third-order valence-corrected chi connectivity index (χ3v) is 14.0. The molecule has 1 aromatic heterocycles. The number of fused-ring (bicyclic) bond motifs is 1. The van der Waals surface area contributed by atoms with E-state index in [0.29, 0.717) is 16.7 Å². The molecule has 2 aromatic carbocycles. The Hall–Kier alpha value is -1.51. The molecule has 1 aliphatic rings. The predicted octanol–water partition coefficient (Wildman–Crippen LogP) is 7.43. The van der Waals surface area contributed by atoms with Crippen molar-refractivity contribution in [3.63, 3.8) is 0 Å². The molecule has 0 radical (unpaired) electrons. The second-order valence-electron chi connectivity index (χ2n) is 10.6. The minimum absolute atomic E-state index is 0.0210. The van der Waals surface area contributed by atoms with E-state index in [1.807, 2.05) is 6.92 Å². The number of aromatic nitrogens is 1. The minimum atomic E-state index is -3.86. The van der Waals surface area contributed by atoms with Crippen LogP contribution < -0.4 is 4.74 Å². The Balaban J connectivity index is 1.60. The molecule has 0 amide bonds. The van der Waals surface area contributed by atoms with Gasteiger partial charge in [0.25, 0.3) is 10.0 Å². The first kappa shape index (κ1) is 25.6. The van der Waals surface area contributed by atoms with Crippen LogP contribution in [0.4, 0.5) is 0 Å². The second kappa shape index (κ2) is 8.86. The maximum atomic E-state index is 13.3. The Morgan fingerprint density at radius 1 is 1.03 bits per heavy atom. The van der Waals surface area contributed by atoms with Crippen LogP contribution in [0.5, 0.6) is 5.75 Å². The molecular weight excluding hydrogens is 509 g/mol. The van der Waals surface area contributed by atoms with E-state index in [9.17, 15) is 8.42 Å². The minimum Gasteiger partial charge on any atom is -0.489 e. The first-order valence-electron chi connectivity index (χ1n) is 11.4. The van der Waals surface area contributed by atoms with Gasteiger partial charge in [0.15, 0.2) is 8.32 Å². The molecule has 0 spiro atoms. The zero-order valence-electron chi connectivity index (χ0n) is 20.4. The quantitative estimate of drug-likeness (QED) is 0.305. The van der Waals surface area contributed by atoms with Gasteiger partial charge in [-0.05, 0) is 43.3 Å². The van der Waals surface area contributed by atoms with Gasteiger partial charge in [-0.1, -0.05) is 61.7 Å². The number of aryl methyl sites for hydroxylation is 1. The Bertz CT molecular complexity index is 1320. The Morgan fingerprint density at radius 2 is 1.65 bits per heavy atom. The maximum Gasteiger partial charge on any atom is 0.268 e. The topological polar surface area (TPSA) is 57.5 Å². The van der Waals surface area contributed by atoms with Gasteiger partial charge >= 0.3 is 0 Å². The molecule has 0 atom stereocenters. The van der Waals surface area contributed by atoms with E-state index >= 15 is 0 Å². The molecule has 0 bridgehead atoms. The molecule has 9 heteroatoms. The zero-order valence-corrected chi connectivity index (χ0v) is 23.7. The van der Waals surface area contributed by atoms with Crippen LogP contribution in [-0.4, -0.2) is 32.9 Å². The number of benzene rings is 2. The van der Waals surface area contributed by atoms with E-state index in [4.69, 9.17) is 32.4 Å².